The Morgan fingerprint density at radius 3 is 2.63 bits per heavy atom. The minimum Gasteiger partial charge on any atom is -0.462 e. The SMILES string of the molecule is CCOC(=O)c1ccccc1NC(=O)CSc1nnc2ccc(C(=O)Nc3cccc(C)c3)cn12. The molecule has 0 aliphatic rings. The summed E-state index contributed by atoms with van der Waals surface area (Å²) in [5.74, 6) is -1.07. The lowest BCUT2D eigenvalue weighted by atomic mass is 10.2. The topological polar surface area (TPSA) is 115 Å². The summed E-state index contributed by atoms with van der Waals surface area (Å²) in [6.07, 6.45) is 1.64. The average Bonchev–Trinajstić information content (AvgIpc) is 3.25. The van der Waals surface area contributed by atoms with Crippen molar-refractivity contribution >= 4 is 46.6 Å². The Kier molecular flexibility index (Phi) is 7.41. The fourth-order valence-electron chi connectivity index (χ4n) is 3.32. The highest BCUT2D eigenvalue weighted by Crippen LogP contribution is 2.21. The highest BCUT2D eigenvalue weighted by atomic mass is 32.2. The highest BCUT2D eigenvalue weighted by molar-refractivity contribution is 7.99. The zero-order chi connectivity index (χ0) is 24.8. The third-order valence-electron chi connectivity index (χ3n) is 4.94. The van der Waals surface area contributed by atoms with Crippen LogP contribution in [0.2, 0.25) is 0 Å². The number of nitrogens with one attached hydrogen (secondary N) is 2. The summed E-state index contributed by atoms with van der Waals surface area (Å²) in [5.41, 5.74) is 3.37. The molecule has 0 spiro atoms. The quantitative estimate of drug-likeness (QED) is 0.282. The van der Waals surface area contributed by atoms with Crippen LogP contribution in [0.3, 0.4) is 0 Å². The Morgan fingerprint density at radius 1 is 1.00 bits per heavy atom. The number of fused-ring (bicyclic) bond motifs is 1. The predicted molar refractivity (Wildman–Crippen MR) is 134 cm³/mol. The van der Waals surface area contributed by atoms with Gasteiger partial charge in [0, 0.05) is 11.9 Å². The lowest BCUT2D eigenvalue weighted by Gasteiger charge is -2.10. The van der Waals surface area contributed by atoms with E-state index in [-0.39, 0.29) is 29.7 Å². The Morgan fingerprint density at radius 2 is 1.83 bits per heavy atom. The standard InChI is InChI=1S/C25H23N5O4S/c1-3-34-24(33)19-9-4-5-10-20(19)27-22(31)15-35-25-29-28-21-12-11-17(14-30(21)25)23(32)26-18-8-6-7-16(2)13-18/h4-14H,3,15H2,1-2H3,(H,26,32)(H,27,31). The van der Waals surface area contributed by atoms with E-state index in [0.717, 1.165) is 17.3 Å². The van der Waals surface area contributed by atoms with E-state index in [4.69, 9.17) is 4.74 Å². The first-order valence-corrected chi connectivity index (χ1v) is 11.8. The van der Waals surface area contributed by atoms with Crippen LogP contribution in [0.5, 0.6) is 0 Å². The summed E-state index contributed by atoms with van der Waals surface area (Å²) in [6.45, 7) is 3.91. The smallest absolute Gasteiger partial charge is 0.340 e. The molecule has 0 aliphatic heterocycles. The second-order valence-electron chi connectivity index (χ2n) is 7.56. The van der Waals surface area contributed by atoms with Gasteiger partial charge in [0.2, 0.25) is 5.91 Å². The van der Waals surface area contributed by atoms with Crippen molar-refractivity contribution in [3.8, 4) is 0 Å². The van der Waals surface area contributed by atoms with Gasteiger partial charge in [-0.15, -0.1) is 10.2 Å². The molecule has 0 saturated heterocycles. The number of ether oxygens (including phenoxy) is 1. The van der Waals surface area contributed by atoms with Crippen molar-refractivity contribution in [2.24, 2.45) is 0 Å². The van der Waals surface area contributed by atoms with E-state index in [2.05, 4.69) is 20.8 Å². The van der Waals surface area contributed by atoms with Crippen molar-refractivity contribution in [1.82, 2.24) is 14.6 Å². The van der Waals surface area contributed by atoms with Crippen molar-refractivity contribution in [1.29, 1.82) is 0 Å². The maximum atomic E-state index is 12.7. The molecule has 0 fully saturated rings. The van der Waals surface area contributed by atoms with Crippen LogP contribution in [0, 0.1) is 6.92 Å². The molecule has 2 amide bonds. The van der Waals surface area contributed by atoms with Gasteiger partial charge in [0.25, 0.3) is 5.91 Å². The zero-order valence-corrected chi connectivity index (χ0v) is 20.0. The number of pyridine rings is 1. The molecule has 0 aliphatic carbocycles. The molecule has 0 bridgehead atoms. The number of hydrogen-bond donors (Lipinski definition) is 2. The number of carbonyl (C=O) groups is 3. The van der Waals surface area contributed by atoms with E-state index in [9.17, 15) is 14.4 Å². The fourth-order valence-corrected chi connectivity index (χ4v) is 4.04. The van der Waals surface area contributed by atoms with Gasteiger partial charge in [0.15, 0.2) is 10.8 Å². The maximum absolute atomic E-state index is 12.7. The average molecular weight is 490 g/mol. The second kappa shape index (κ2) is 10.8. The summed E-state index contributed by atoms with van der Waals surface area (Å²) < 4.78 is 6.70. The molecule has 9 nitrogen and oxygen atoms in total. The number of para-hydroxylation sites is 1. The molecule has 0 radical (unpaired) electrons. The molecule has 4 aromatic rings. The number of benzene rings is 2. The van der Waals surface area contributed by atoms with Gasteiger partial charge in [-0.05, 0) is 55.8 Å². The molecular formula is C25H23N5O4S. The first kappa shape index (κ1) is 24.0. The van der Waals surface area contributed by atoms with E-state index < -0.39 is 5.97 Å². The number of nitrogens with zero attached hydrogens (tertiary/aromatic N) is 3. The number of aryl methyl sites for hydroxylation is 1. The van der Waals surface area contributed by atoms with Crippen LogP contribution in [0.25, 0.3) is 5.65 Å². The largest absolute Gasteiger partial charge is 0.462 e. The van der Waals surface area contributed by atoms with Crippen LogP contribution in [0.1, 0.15) is 33.2 Å². The summed E-state index contributed by atoms with van der Waals surface area (Å²) in [4.78, 5) is 37.4. The van der Waals surface area contributed by atoms with Crippen molar-refractivity contribution < 1.29 is 19.1 Å². The van der Waals surface area contributed by atoms with Gasteiger partial charge < -0.3 is 15.4 Å². The molecule has 0 atom stereocenters. The van der Waals surface area contributed by atoms with Crippen molar-refractivity contribution in [2.45, 2.75) is 19.0 Å². The number of amides is 2. The molecule has 2 N–H and O–H groups in total. The van der Waals surface area contributed by atoms with E-state index >= 15 is 0 Å². The fraction of sp³-hybridized carbons (Fsp3) is 0.160. The van der Waals surface area contributed by atoms with Crippen LogP contribution in [-0.4, -0.2) is 44.7 Å². The molecule has 0 saturated carbocycles. The Hall–Kier alpha value is -4.18. The van der Waals surface area contributed by atoms with Gasteiger partial charge in [0.05, 0.1) is 29.2 Å². The normalized spacial score (nSPS) is 10.7. The van der Waals surface area contributed by atoms with Crippen molar-refractivity contribution in [2.75, 3.05) is 23.0 Å². The number of thioether (sulfide) groups is 1. The highest BCUT2D eigenvalue weighted by Gasteiger charge is 2.16. The second-order valence-corrected chi connectivity index (χ2v) is 8.50. The molecule has 4 rings (SSSR count). The van der Waals surface area contributed by atoms with Crippen LogP contribution >= 0.6 is 11.8 Å². The number of hydrogen-bond acceptors (Lipinski definition) is 7. The lowest BCUT2D eigenvalue weighted by molar-refractivity contribution is -0.113. The minimum absolute atomic E-state index is 0.0255. The lowest BCUT2D eigenvalue weighted by Crippen LogP contribution is -2.17. The number of esters is 1. The molecule has 10 heteroatoms. The van der Waals surface area contributed by atoms with Crippen LogP contribution < -0.4 is 10.6 Å². The Bertz CT molecular complexity index is 1400. The van der Waals surface area contributed by atoms with Crippen LogP contribution in [0.4, 0.5) is 11.4 Å². The van der Waals surface area contributed by atoms with E-state index in [0.29, 0.717) is 27.7 Å². The monoisotopic (exact) mass is 489 g/mol. The molecule has 2 heterocycles. The zero-order valence-electron chi connectivity index (χ0n) is 19.1. The van der Waals surface area contributed by atoms with Crippen molar-refractivity contribution in [3.05, 3.63) is 83.6 Å². The third-order valence-corrected chi connectivity index (χ3v) is 5.88. The first-order valence-electron chi connectivity index (χ1n) is 10.9. The van der Waals surface area contributed by atoms with E-state index in [1.165, 1.54) is 0 Å². The third kappa shape index (κ3) is 5.85. The van der Waals surface area contributed by atoms with Gasteiger partial charge in [-0.25, -0.2) is 4.79 Å². The number of aromatic nitrogens is 3. The predicted octanol–water partition coefficient (Wildman–Crippen LogP) is 4.20. The molecule has 178 valence electrons. The molecule has 0 unspecified atom stereocenters. The van der Waals surface area contributed by atoms with Gasteiger partial charge in [-0.3, -0.25) is 14.0 Å². The summed E-state index contributed by atoms with van der Waals surface area (Å²) in [6, 6.07) is 17.5. The Balaban J connectivity index is 1.44. The summed E-state index contributed by atoms with van der Waals surface area (Å²) >= 11 is 1.16. The molecule has 35 heavy (non-hydrogen) atoms. The van der Waals surface area contributed by atoms with E-state index in [1.54, 1.807) is 53.9 Å². The van der Waals surface area contributed by atoms with Gasteiger partial charge in [0.1, 0.15) is 0 Å². The van der Waals surface area contributed by atoms with Gasteiger partial charge >= 0.3 is 5.97 Å². The molecule has 2 aromatic heterocycles. The van der Waals surface area contributed by atoms with Crippen molar-refractivity contribution in [3.63, 3.8) is 0 Å². The Labute approximate surface area is 205 Å². The summed E-state index contributed by atoms with van der Waals surface area (Å²) in [7, 11) is 0. The molecular weight excluding hydrogens is 466 g/mol. The van der Waals surface area contributed by atoms with Crippen LogP contribution in [-0.2, 0) is 9.53 Å². The summed E-state index contributed by atoms with van der Waals surface area (Å²) in [5, 5.41) is 14.3. The van der Waals surface area contributed by atoms with Gasteiger partial charge in [-0.2, -0.15) is 0 Å². The maximum Gasteiger partial charge on any atom is 0.340 e. The van der Waals surface area contributed by atoms with Gasteiger partial charge in [-0.1, -0.05) is 36.0 Å². The van der Waals surface area contributed by atoms with Crippen LogP contribution in [0.15, 0.2) is 72.0 Å². The first-order chi connectivity index (χ1) is 16.9. The number of rotatable bonds is 8. The molecule has 2 aromatic carbocycles. The van der Waals surface area contributed by atoms with E-state index in [1.807, 2.05) is 31.2 Å². The number of anilines is 2. The number of carbonyl (C=O) groups excluding carboxylic acids is 3. The minimum atomic E-state index is -0.504.